The summed E-state index contributed by atoms with van der Waals surface area (Å²) in [5.74, 6) is -0.373. The van der Waals surface area contributed by atoms with Crippen molar-refractivity contribution in [1.29, 1.82) is 0 Å². The lowest BCUT2D eigenvalue weighted by Gasteiger charge is -2.16. The Balaban J connectivity index is 2.14. The number of nitrogens with one attached hydrogen (secondary N) is 2. The van der Waals surface area contributed by atoms with Crippen LogP contribution in [0.3, 0.4) is 0 Å². The summed E-state index contributed by atoms with van der Waals surface area (Å²) in [4.78, 5) is 6.33. The number of halogens is 2. The first-order valence-electron chi connectivity index (χ1n) is 5.97. The predicted molar refractivity (Wildman–Crippen MR) is 76.6 cm³/mol. The van der Waals surface area contributed by atoms with Gasteiger partial charge in [-0.25, -0.2) is 4.39 Å². The Hall–Kier alpha value is -1.81. The highest BCUT2D eigenvalue weighted by Crippen LogP contribution is 2.32. The lowest BCUT2D eigenvalue weighted by molar-refractivity contribution is 0.603. The Labute approximate surface area is 118 Å². The molecule has 0 saturated carbocycles. The summed E-state index contributed by atoms with van der Waals surface area (Å²) >= 11 is 3.29. The number of H-pyrrole nitrogens is 2. The fraction of sp³-hybridized carbons (Fsp3) is 0.0667. The molecule has 3 rings (SSSR count). The van der Waals surface area contributed by atoms with Crippen LogP contribution in [-0.4, -0.2) is 9.97 Å². The fourth-order valence-electron chi connectivity index (χ4n) is 2.29. The van der Waals surface area contributed by atoms with Crippen LogP contribution >= 0.6 is 15.9 Å². The van der Waals surface area contributed by atoms with Gasteiger partial charge >= 0.3 is 0 Å². The molecule has 19 heavy (non-hydrogen) atoms. The van der Waals surface area contributed by atoms with Gasteiger partial charge in [0.1, 0.15) is 5.82 Å². The first-order chi connectivity index (χ1) is 9.25. The van der Waals surface area contributed by atoms with Gasteiger partial charge in [-0.15, -0.1) is 0 Å². The number of hydrogen-bond donors (Lipinski definition) is 2. The number of rotatable bonds is 3. The van der Waals surface area contributed by atoms with Crippen LogP contribution in [-0.2, 0) is 0 Å². The zero-order valence-corrected chi connectivity index (χ0v) is 11.6. The molecular formula is C15H12BrFN2. The SMILES string of the molecule is Fc1cc(Br)ccc1C(c1ccc[nH]1)c1ccc[nH]1. The minimum atomic E-state index is -0.219. The predicted octanol–water partition coefficient (Wildman–Crippen LogP) is 4.42. The van der Waals surface area contributed by atoms with E-state index in [1.54, 1.807) is 0 Å². The van der Waals surface area contributed by atoms with Gasteiger partial charge in [0.2, 0.25) is 0 Å². The van der Waals surface area contributed by atoms with Crippen LogP contribution in [0.5, 0.6) is 0 Å². The number of hydrogen-bond acceptors (Lipinski definition) is 0. The van der Waals surface area contributed by atoms with Gasteiger partial charge in [0.15, 0.2) is 0 Å². The van der Waals surface area contributed by atoms with Crippen LogP contribution in [0.4, 0.5) is 4.39 Å². The molecule has 2 N–H and O–H groups in total. The third-order valence-corrected chi connectivity index (χ3v) is 3.63. The normalized spacial score (nSPS) is 11.1. The standard InChI is InChI=1S/C15H12BrFN2/c16-10-5-6-11(12(17)9-10)15(13-3-1-7-18-13)14-4-2-8-19-14/h1-9,15,18-19H. The summed E-state index contributed by atoms with van der Waals surface area (Å²) < 4.78 is 15.0. The molecule has 0 atom stereocenters. The van der Waals surface area contributed by atoms with Crippen molar-refractivity contribution >= 4 is 15.9 Å². The van der Waals surface area contributed by atoms with E-state index in [9.17, 15) is 4.39 Å². The van der Waals surface area contributed by atoms with E-state index in [0.29, 0.717) is 5.56 Å². The van der Waals surface area contributed by atoms with Gasteiger partial charge in [0.25, 0.3) is 0 Å². The highest BCUT2D eigenvalue weighted by Gasteiger charge is 2.21. The monoisotopic (exact) mass is 318 g/mol. The van der Waals surface area contributed by atoms with Gasteiger partial charge in [0, 0.05) is 33.8 Å². The highest BCUT2D eigenvalue weighted by atomic mass is 79.9. The Bertz CT molecular complexity index is 625. The van der Waals surface area contributed by atoms with E-state index < -0.39 is 0 Å². The third kappa shape index (κ3) is 2.36. The molecule has 0 aliphatic heterocycles. The molecule has 0 amide bonds. The maximum absolute atomic E-state index is 14.2. The van der Waals surface area contributed by atoms with Crippen LogP contribution in [0, 0.1) is 5.82 Å². The molecule has 0 saturated heterocycles. The number of aromatic nitrogens is 2. The van der Waals surface area contributed by atoms with Crippen LogP contribution in [0.15, 0.2) is 59.3 Å². The summed E-state index contributed by atoms with van der Waals surface area (Å²) in [5.41, 5.74) is 2.57. The Morgan fingerprint density at radius 1 is 0.947 bits per heavy atom. The lowest BCUT2D eigenvalue weighted by Crippen LogP contribution is -2.06. The van der Waals surface area contributed by atoms with E-state index in [2.05, 4.69) is 25.9 Å². The van der Waals surface area contributed by atoms with Gasteiger partial charge in [-0.05, 0) is 36.4 Å². The topological polar surface area (TPSA) is 31.6 Å². The van der Waals surface area contributed by atoms with Gasteiger partial charge in [-0.1, -0.05) is 22.0 Å². The smallest absolute Gasteiger partial charge is 0.128 e. The first-order valence-corrected chi connectivity index (χ1v) is 6.76. The maximum Gasteiger partial charge on any atom is 0.128 e. The minimum absolute atomic E-state index is 0.155. The minimum Gasteiger partial charge on any atom is -0.364 e. The van der Waals surface area contributed by atoms with Crippen molar-refractivity contribution in [2.24, 2.45) is 0 Å². The molecule has 0 spiro atoms. The van der Waals surface area contributed by atoms with Gasteiger partial charge in [0.05, 0.1) is 5.92 Å². The lowest BCUT2D eigenvalue weighted by atomic mass is 9.92. The van der Waals surface area contributed by atoms with Crippen molar-refractivity contribution in [3.8, 4) is 0 Å². The van der Waals surface area contributed by atoms with E-state index in [0.717, 1.165) is 15.9 Å². The molecule has 3 aromatic rings. The average Bonchev–Trinajstić information content (AvgIpc) is 3.06. The summed E-state index contributed by atoms with van der Waals surface area (Å²) in [6.07, 6.45) is 3.70. The quantitative estimate of drug-likeness (QED) is 0.716. The molecule has 0 bridgehead atoms. The van der Waals surface area contributed by atoms with Crippen LogP contribution < -0.4 is 0 Å². The molecule has 0 radical (unpaired) electrons. The molecule has 96 valence electrons. The van der Waals surface area contributed by atoms with Crippen molar-refractivity contribution in [3.05, 3.63) is 82.1 Å². The van der Waals surface area contributed by atoms with Crippen molar-refractivity contribution in [2.45, 2.75) is 5.92 Å². The molecule has 0 fully saturated rings. The van der Waals surface area contributed by atoms with Crippen molar-refractivity contribution in [1.82, 2.24) is 9.97 Å². The second-order valence-corrected chi connectivity index (χ2v) is 5.27. The van der Waals surface area contributed by atoms with Crippen LogP contribution in [0.1, 0.15) is 22.9 Å². The van der Waals surface area contributed by atoms with Gasteiger partial charge in [-0.2, -0.15) is 0 Å². The van der Waals surface area contributed by atoms with Crippen LogP contribution in [0.25, 0.3) is 0 Å². The molecule has 1 aromatic carbocycles. The van der Waals surface area contributed by atoms with E-state index in [1.807, 2.05) is 48.8 Å². The molecular weight excluding hydrogens is 307 g/mol. The van der Waals surface area contributed by atoms with E-state index in [4.69, 9.17) is 0 Å². The largest absolute Gasteiger partial charge is 0.364 e. The Kier molecular flexibility index (Phi) is 3.25. The molecule has 2 heterocycles. The van der Waals surface area contributed by atoms with E-state index in [-0.39, 0.29) is 11.7 Å². The average molecular weight is 319 g/mol. The van der Waals surface area contributed by atoms with Gasteiger partial charge < -0.3 is 9.97 Å². The number of benzene rings is 1. The zero-order valence-electron chi connectivity index (χ0n) is 10.0. The molecule has 0 aliphatic carbocycles. The fourth-order valence-corrected chi connectivity index (χ4v) is 2.62. The summed E-state index contributed by atoms with van der Waals surface area (Å²) in [6, 6.07) is 12.9. The maximum atomic E-state index is 14.2. The zero-order chi connectivity index (χ0) is 13.2. The Morgan fingerprint density at radius 3 is 2.05 bits per heavy atom. The van der Waals surface area contributed by atoms with E-state index >= 15 is 0 Å². The molecule has 2 nitrogen and oxygen atoms in total. The molecule has 0 aliphatic rings. The second kappa shape index (κ2) is 5.05. The summed E-state index contributed by atoms with van der Waals surface area (Å²) in [6.45, 7) is 0. The third-order valence-electron chi connectivity index (χ3n) is 3.14. The van der Waals surface area contributed by atoms with Crippen molar-refractivity contribution < 1.29 is 4.39 Å². The Morgan fingerprint density at radius 2 is 1.58 bits per heavy atom. The molecule has 4 heteroatoms. The molecule has 0 unspecified atom stereocenters. The van der Waals surface area contributed by atoms with E-state index in [1.165, 1.54) is 6.07 Å². The van der Waals surface area contributed by atoms with Gasteiger partial charge in [-0.3, -0.25) is 0 Å². The summed E-state index contributed by atoms with van der Waals surface area (Å²) in [7, 11) is 0. The van der Waals surface area contributed by atoms with Crippen molar-refractivity contribution in [3.63, 3.8) is 0 Å². The second-order valence-electron chi connectivity index (χ2n) is 4.35. The first kappa shape index (κ1) is 12.2. The summed E-state index contributed by atoms with van der Waals surface area (Å²) in [5, 5.41) is 0. The van der Waals surface area contributed by atoms with Crippen LogP contribution in [0.2, 0.25) is 0 Å². The highest BCUT2D eigenvalue weighted by molar-refractivity contribution is 9.10. The van der Waals surface area contributed by atoms with Crippen molar-refractivity contribution in [2.75, 3.05) is 0 Å². The number of aromatic amines is 2. The molecule has 2 aromatic heterocycles.